The minimum absolute atomic E-state index is 0.114. The SMILES string of the molecule is COc1cc(Cl)cc([C@H](N)C2CC2)c1. The van der Waals surface area contributed by atoms with Crippen LogP contribution in [0.4, 0.5) is 0 Å². The molecule has 2 nitrogen and oxygen atoms in total. The monoisotopic (exact) mass is 211 g/mol. The summed E-state index contributed by atoms with van der Waals surface area (Å²) in [7, 11) is 1.64. The maximum Gasteiger partial charge on any atom is 0.120 e. The topological polar surface area (TPSA) is 35.2 Å². The second-order valence-corrected chi connectivity index (χ2v) is 4.22. The van der Waals surface area contributed by atoms with E-state index in [0.717, 1.165) is 11.3 Å². The van der Waals surface area contributed by atoms with Crippen LogP contribution in [0.1, 0.15) is 24.4 Å². The first-order valence-electron chi connectivity index (χ1n) is 4.81. The van der Waals surface area contributed by atoms with Crippen molar-refractivity contribution in [1.29, 1.82) is 0 Å². The molecule has 0 aromatic heterocycles. The number of halogens is 1. The summed E-state index contributed by atoms with van der Waals surface area (Å²) in [4.78, 5) is 0. The summed E-state index contributed by atoms with van der Waals surface area (Å²) >= 11 is 5.96. The standard InChI is InChI=1S/C11H14ClNO/c1-14-10-5-8(4-9(12)6-10)11(13)7-2-3-7/h4-7,11H,2-3,13H2,1H3/t11-/m1/s1. The molecule has 0 saturated heterocycles. The summed E-state index contributed by atoms with van der Waals surface area (Å²) in [6.07, 6.45) is 2.46. The lowest BCUT2D eigenvalue weighted by Gasteiger charge is -2.12. The molecule has 2 rings (SSSR count). The van der Waals surface area contributed by atoms with E-state index < -0.39 is 0 Å². The summed E-state index contributed by atoms with van der Waals surface area (Å²) in [5.74, 6) is 1.42. The predicted octanol–water partition coefficient (Wildman–Crippen LogP) is 2.76. The first kappa shape index (κ1) is 9.81. The molecule has 0 bridgehead atoms. The molecule has 0 radical (unpaired) electrons. The first-order chi connectivity index (χ1) is 6.70. The summed E-state index contributed by atoms with van der Waals surface area (Å²) in [5, 5.41) is 0.690. The molecule has 3 heteroatoms. The average molecular weight is 212 g/mol. The van der Waals surface area contributed by atoms with Crippen LogP contribution in [0.2, 0.25) is 5.02 Å². The van der Waals surface area contributed by atoms with Gasteiger partial charge in [-0.25, -0.2) is 0 Å². The van der Waals surface area contributed by atoms with Crippen LogP contribution >= 0.6 is 11.6 Å². The maximum absolute atomic E-state index is 6.08. The van der Waals surface area contributed by atoms with Crippen molar-refractivity contribution in [3.05, 3.63) is 28.8 Å². The van der Waals surface area contributed by atoms with Crippen LogP contribution < -0.4 is 10.5 Å². The van der Waals surface area contributed by atoms with E-state index >= 15 is 0 Å². The third-order valence-corrected chi connectivity index (χ3v) is 2.86. The van der Waals surface area contributed by atoms with Crippen molar-refractivity contribution in [3.8, 4) is 5.75 Å². The number of rotatable bonds is 3. The lowest BCUT2D eigenvalue weighted by Crippen LogP contribution is -2.12. The molecule has 14 heavy (non-hydrogen) atoms. The van der Waals surface area contributed by atoms with Gasteiger partial charge in [0, 0.05) is 11.1 Å². The largest absolute Gasteiger partial charge is 0.497 e. The number of hydrogen-bond acceptors (Lipinski definition) is 2. The molecule has 0 unspecified atom stereocenters. The second-order valence-electron chi connectivity index (χ2n) is 3.79. The molecule has 1 atom stereocenters. The highest BCUT2D eigenvalue weighted by Gasteiger charge is 2.29. The number of nitrogens with two attached hydrogens (primary N) is 1. The first-order valence-corrected chi connectivity index (χ1v) is 5.18. The number of methoxy groups -OCH3 is 1. The molecule has 0 aliphatic heterocycles. The summed E-state index contributed by atoms with van der Waals surface area (Å²) in [6.45, 7) is 0. The van der Waals surface area contributed by atoms with Gasteiger partial charge in [0.25, 0.3) is 0 Å². The van der Waals surface area contributed by atoms with Crippen LogP contribution in [-0.4, -0.2) is 7.11 Å². The van der Waals surface area contributed by atoms with Crippen LogP contribution in [0.25, 0.3) is 0 Å². The zero-order valence-corrected chi connectivity index (χ0v) is 8.92. The Morgan fingerprint density at radius 2 is 2.14 bits per heavy atom. The molecule has 1 fully saturated rings. The quantitative estimate of drug-likeness (QED) is 0.835. The van der Waals surface area contributed by atoms with Crippen molar-refractivity contribution in [2.24, 2.45) is 11.7 Å². The Kier molecular flexibility index (Phi) is 2.66. The smallest absolute Gasteiger partial charge is 0.120 e. The maximum atomic E-state index is 6.08. The molecular formula is C11H14ClNO. The Morgan fingerprint density at radius 3 is 2.71 bits per heavy atom. The molecule has 1 aliphatic carbocycles. The third kappa shape index (κ3) is 2.02. The van der Waals surface area contributed by atoms with Gasteiger partial charge in [-0.1, -0.05) is 11.6 Å². The molecular weight excluding hydrogens is 198 g/mol. The predicted molar refractivity (Wildman–Crippen MR) is 57.7 cm³/mol. The lowest BCUT2D eigenvalue weighted by atomic mass is 10.0. The van der Waals surface area contributed by atoms with Gasteiger partial charge in [-0.15, -0.1) is 0 Å². The summed E-state index contributed by atoms with van der Waals surface area (Å²) < 4.78 is 5.15. The van der Waals surface area contributed by atoms with E-state index in [9.17, 15) is 0 Å². The Bertz CT molecular complexity index is 336. The fourth-order valence-corrected chi connectivity index (χ4v) is 1.86. The van der Waals surface area contributed by atoms with Gasteiger partial charge in [0.2, 0.25) is 0 Å². The van der Waals surface area contributed by atoms with E-state index in [0.29, 0.717) is 10.9 Å². The minimum atomic E-state index is 0.114. The van der Waals surface area contributed by atoms with Gasteiger partial charge in [0.05, 0.1) is 7.11 Å². The van der Waals surface area contributed by atoms with Crippen molar-refractivity contribution in [3.63, 3.8) is 0 Å². The summed E-state index contributed by atoms with van der Waals surface area (Å²) in [6, 6.07) is 5.80. The van der Waals surface area contributed by atoms with E-state index in [2.05, 4.69) is 0 Å². The number of ether oxygens (including phenoxy) is 1. The van der Waals surface area contributed by atoms with Gasteiger partial charge in [0.1, 0.15) is 5.75 Å². The van der Waals surface area contributed by atoms with Crippen molar-refractivity contribution in [2.45, 2.75) is 18.9 Å². The van der Waals surface area contributed by atoms with E-state index in [1.54, 1.807) is 13.2 Å². The fraction of sp³-hybridized carbons (Fsp3) is 0.455. The van der Waals surface area contributed by atoms with Crippen molar-refractivity contribution in [2.75, 3.05) is 7.11 Å². The minimum Gasteiger partial charge on any atom is -0.497 e. The van der Waals surface area contributed by atoms with Crippen molar-refractivity contribution >= 4 is 11.6 Å². The van der Waals surface area contributed by atoms with Crippen molar-refractivity contribution < 1.29 is 4.74 Å². The van der Waals surface area contributed by atoms with Crippen molar-refractivity contribution in [1.82, 2.24) is 0 Å². The van der Waals surface area contributed by atoms with Gasteiger partial charge < -0.3 is 10.5 Å². The van der Waals surface area contributed by atoms with Gasteiger partial charge >= 0.3 is 0 Å². The van der Waals surface area contributed by atoms with Crippen LogP contribution in [0.3, 0.4) is 0 Å². The molecule has 0 amide bonds. The normalized spacial score (nSPS) is 17.9. The fourth-order valence-electron chi connectivity index (χ4n) is 1.62. The van der Waals surface area contributed by atoms with Gasteiger partial charge in [-0.3, -0.25) is 0 Å². The van der Waals surface area contributed by atoms with E-state index in [4.69, 9.17) is 22.1 Å². The highest BCUT2D eigenvalue weighted by molar-refractivity contribution is 6.30. The zero-order valence-electron chi connectivity index (χ0n) is 8.16. The number of hydrogen-bond donors (Lipinski definition) is 1. The van der Waals surface area contributed by atoms with E-state index in [-0.39, 0.29) is 6.04 Å². The highest BCUT2D eigenvalue weighted by Crippen LogP contribution is 2.40. The Balaban J connectivity index is 2.27. The second kappa shape index (κ2) is 3.79. The van der Waals surface area contributed by atoms with E-state index in [1.165, 1.54) is 12.8 Å². The third-order valence-electron chi connectivity index (χ3n) is 2.64. The Labute approximate surface area is 89.0 Å². The molecule has 1 aromatic carbocycles. The Hall–Kier alpha value is -0.730. The van der Waals surface area contributed by atoms with Crippen LogP contribution in [0, 0.1) is 5.92 Å². The number of benzene rings is 1. The molecule has 0 spiro atoms. The molecule has 76 valence electrons. The average Bonchev–Trinajstić information content (AvgIpc) is 2.99. The molecule has 0 heterocycles. The van der Waals surface area contributed by atoms with Crippen LogP contribution in [-0.2, 0) is 0 Å². The van der Waals surface area contributed by atoms with Gasteiger partial charge in [0.15, 0.2) is 0 Å². The molecule has 1 saturated carbocycles. The van der Waals surface area contributed by atoms with Crippen LogP contribution in [0.15, 0.2) is 18.2 Å². The zero-order chi connectivity index (χ0) is 10.1. The molecule has 1 aromatic rings. The molecule has 2 N–H and O–H groups in total. The van der Waals surface area contributed by atoms with E-state index in [1.807, 2.05) is 12.1 Å². The Morgan fingerprint density at radius 1 is 1.43 bits per heavy atom. The lowest BCUT2D eigenvalue weighted by molar-refractivity contribution is 0.413. The van der Waals surface area contributed by atoms with Gasteiger partial charge in [-0.2, -0.15) is 0 Å². The highest BCUT2D eigenvalue weighted by atomic mass is 35.5. The van der Waals surface area contributed by atoms with Gasteiger partial charge in [-0.05, 0) is 42.5 Å². The van der Waals surface area contributed by atoms with Crippen LogP contribution in [0.5, 0.6) is 5.75 Å². The summed E-state index contributed by atoms with van der Waals surface area (Å²) in [5.41, 5.74) is 7.16. The molecule has 1 aliphatic rings.